The van der Waals surface area contributed by atoms with E-state index in [1.165, 1.54) is 5.69 Å². The van der Waals surface area contributed by atoms with Gasteiger partial charge in [0.2, 0.25) is 0 Å². The molecule has 1 aromatic carbocycles. The maximum atomic E-state index is 10.6. The van der Waals surface area contributed by atoms with Crippen molar-refractivity contribution in [1.82, 2.24) is 15.5 Å². The number of aliphatic imine (C=N–C) groups is 1. The first-order valence-electron chi connectivity index (χ1n) is 10.8. The summed E-state index contributed by atoms with van der Waals surface area (Å²) >= 11 is 0. The number of hydrogen-bond acceptors (Lipinski definition) is 5. The van der Waals surface area contributed by atoms with Crippen molar-refractivity contribution in [2.45, 2.75) is 32.4 Å². The molecule has 1 aromatic heterocycles. The van der Waals surface area contributed by atoms with E-state index in [0.29, 0.717) is 17.8 Å². The van der Waals surface area contributed by atoms with Crippen molar-refractivity contribution in [3.8, 4) is 0 Å². The van der Waals surface area contributed by atoms with Crippen molar-refractivity contribution in [2.75, 3.05) is 50.7 Å². The van der Waals surface area contributed by atoms with E-state index in [9.17, 15) is 5.11 Å². The SMILES string of the molecule is CCNC(=NCC(C)(O)c1ccco1)NCC(C)N1CCN(c2ccccc2)CC1. The Bertz CT molecular complexity index is 768. The molecule has 3 rings (SSSR count). The molecule has 164 valence electrons. The molecular formula is C23H35N5O2. The highest BCUT2D eigenvalue weighted by atomic mass is 16.4. The Balaban J connectivity index is 1.48. The van der Waals surface area contributed by atoms with Gasteiger partial charge in [-0.1, -0.05) is 18.2 Å². The van der Waals surface area contributed by atoms with Gasteiger partial charge in [0.1, 0.15) is 11.4 Å². The minimum absolute atomic E-state index is 0.222. The van der Waals surface area contributed by atoms with Crippen LogP contribution in [0.15, 0.2) is 58.1 Å². The standard InChI is InChI=1S/C23H35N5O2/c1-4-24-22(26-18-23(3,29)21-11-8-16-30-21)25-17-19(2)27-12-14-28(15-13-27)20-9-6-5-7-10-20/h5-11,16,19,29H,4,12-15,17-18H2,1-3H3,(H2,24,25,26). The lowest BCUT2D eigenvalue weighted by Crippen LogP contribution is -2.53. The maximum absolute atomic E-state index is 10.6. The van der Waals surface area contributed by atoms with Crippen molar-refractivity contribution in [3.63, 3.8) is 0 Å². The van der Waals surface area contributed by atoms with Crippen molar-refractivity contribution in [3.05, 3.63) is 54.5 Å². The van der Waals surface area contributed by atoms with E-state index in [4.69, 9.17) is 4.42 Å². The van der Waals surface area contributed by atoms with Gasteiger partial charge < -0.3 is 25.1 Å². The van der Waals surface area contributed by atoms with Crippen LogP contribution in [0.25, 0.3) is 0 Å². The molecule has 30 heavy (non-hydrogen) atoms. The number of benzene rings is 1. The second kappa shape index (κ2) is 10.5. The largest absolute Gasteiger partial charge is 0.466 e. The van der Waals surface area contributed by atoms with E-state index in [-0.39, 0.29) is 6.54 Å². The van der Waals surface area contributed by atoms with Crippen LogP contribution < -0.4 is 15.5 Å². The van der Waals surface area contributed by atoms with Gasteiger partial charge in [-0.05, 0) is 45.0 Å². The van der Waals surface area contributed by atoms with Crippen LogP contribution in [-0.4, -0.2) is 67.8 Å². The smallest absolute Gasteiger partial charge is 0.191 e. The number of nitrogens with one attached hydrogen (secondary N) is 2. The Morgan fingerprint density at radius 3 is 2.50 bits per heavy atom. The van der Waals surface area contributed by atoms with Crippen LogP contribution in [-0.2, 0) is 5.60 Å². The van der Waals surface area contributed by atoms with Crippen LogP contribution in [0, 0.1) is 0 Å². The molecule has 0 spiro atoms. The molecule has 7 heteroatoms. The fraction of sp³-hybridized carbons (Fsp3) is 0.522. The van der Waals surface area contributed by atoms with Gasteiger partial charge >= 0.3 is 0 Å². The van der Waals surface area contributed by atoms with Crippen LogP contribution in [0.4, 0.5) is 5.69 Å². The maximum Gasteiger partial charge on any atom is 0.191 e. The molecule has 2 heterocycles. The van der Waals surface area contributed by atoms with E-state index in [2.05, 4.69) is 62.7 Å². The highest BCUT2D eigenvalue weighted by molar-refractivity contribution is 5.79. The molecule has 0 saturated carbocycles. The Morgan fingerprint density at radius 2 is 1.87 bits per heavy atom. The third kappa shape index (κ3) is 6.00. The Kier molecular flexibility index (Phi) is 7.76. The number of anilines is 1. The van der Waals surface area contributed by atoms with Crippen LogP contribution in [0.1, 0.15) is 26.5 Å². The van der Waals surface area contributed by atoms with Gasteiger partial charge in [-0.2, -0.15) is 0 Å². The van der Waals surface area contributed by atoms with Gasteiger partial charge in [-0.25, -0.2) is 4.99 Å². The first kappa shape index (κ1) is 22.2. The zero-order valence-electron chi connectivity index (χ0n) is 18.3. The lowest BCUT2D eigenvalue weighted by molar-refractivity contribution is 0.0437. The second-order valence-corrected chi connectivity index (χ2v) is 8.03. The monoisotopic (exact) mass is 413 g/mol. The van der Waals surface area contributed by atoms with Crippen molar-refractivity contribution in [1.29, 1.82) is 0 Å². The van der Waals surface area contributed by atoms with Crippen LogP contribution in [0.2, 0.25) is 0 Å². The molecule has 1 aliphatic rings. The molecule has 3 N–H and O–H groups in total. The van der Waals surface area contributed by atoms with Crippen LogP contribution in [0.3, 0.4) is 0 Å². The molecule has 2 aromatic rings. The van der Waals surface area contributed by atoms with Crippen molar-refractivity contribution >= 4 is 11.6 Å². The Morgan fingerprint density at radius 1 is 1.13 bits per heavy atom. The molecular weight excluding hydrogens is 378 g/mol. The van der Waals surface area contributed by atoms with Gasteiger partial charge in [-0.15, -0.1) is 0 Å². The first-order valence-corrected chi connectivity index (χ1v) is 10.8. The molecule has 2 unspecified atom stereocenters. The lowest BCUT2D eigenvalue weighted by Gasteiger charge is -2.39. The predicted molar refractivity (Wildman–Crippen MR) is 122 cm³/mol. The summed E-state index contributed by atoms with van der Waals surface area (Å²) in [6.07, 6.45) is 1.57. The Labute approximate surface area is 179 Å². The molecule has 2 atom stereocenters. The second-order valence-electron chi connectivity index (χ2n) is 8.03. The number of nitrogens with zero attached hydrogens (tertiary/aromatic N) is 3. The zero-order chi connectivity index (χ0) is 21.4. The molecule has 0 aliphatic carbocycles. The molecule has 0 radical (unpaired) electrons. The summed E-state index contributed by atoms with van der Waals surface area (Å²) in [5, 5.41) is 17.3. The summed E-state index contributed by atoms with van der Waals surface area (Å²) in [6.45, 7) is 11.9. The molecule has 0 amide bonds. The average Bonchev–Trinajstić information content (AvgIpc) is 3.32. The van der Waals surface area contributed by atoms with Gasteiger partial charge in [0, 0.05) is 51.0 Å². The van der Waals surface area contributed by atoms with Gasteiger partial charge in [0.05, 0.1) is 12.8 Å². The molecule has 7 nitrogen and oxygen atoms in total. The van der Waals surface area contributed by atoms with E-state index in [0.717, 1.165) is 39.3 Å². The summed E-state index contributed by atoms with van der Waals surface area (Å²) in [6, 6.07) is 14.5. The number of furan rings is 1. The highest BCUT2D eigenvalue weighted by Gasteiger charge is 2.26. The van der Waals surface area contributed by atoms with Gasteiger partial charge in [0.25, 0.3) is 0 Å². The summed E-state index contributed by atoms with van der Waals surface area (Å²) < 4.78 is 5.34. The van der Waals surface area contributed by atoms with Crippen LogP contribution in [0.5, 0.6) is 0 Å². The average molecular weight is 414 g/mol. The molecule has 0 bridgehead atoms. The zero-order valence-corrected chi connectivity index (χ0v) is 18.3. The molecule has 1 aliphatic heterocycles. The van der Waals surface area contributed by atoms with Gasteiger partial charge in [0.15, 0.2) is 5.96 Å². The van der Waals surface area contributed by atoms with E-state index >= 15 is 0 Å². The van der Waals surface area contributed by atoms with Crippen molar-refractivity contribution < 1.29 is 9.52 Å². The normalized spacial score (nSPS) is 18.7. The fourth-order valence-electron chi connectivity index (χ4n) is 3.67. The molecule has 1 saturated heterocycles. The minimum atomic E-state index is -1.13. The van der Waals surface area contributed by atoms with E-state index in [1.54, 1.807) is 25.3 Å². The number of rotatable bonds is 8. The summed E-state index contributed by atoms with van der Waals surface area (Å²) in [4.78, 5) is 9.52. The number of piperazine rings is 1. The van der Waals surface area contributed by atoms with Gasteiger partial charge in [-0.3, -0.25) is 4.90 Å². The topological polar surface area (TPSA) is 76.3 Å². The summed E-state index contributed by atoms with van der Waals surface area (Å²) in [5.74, 6) is 1.23. The lowest BCUT2D eigenvalue weighted by atomic mass is 10.0. The number of guanidine groups is 1. The first-order chi connectivity index (χ1) is 14.5. The summed E-state index contributed by atoms with van der Waals surface area (Å²) in [7, 11) is 0. The fourth-order valence-corrected chi connectivity index (χ4v) is 3.67. The van der Waals surface area contributed by atoms with Crippen molar-refractivity contribution in [2.24, 2.45) is 4.99 Å². The van der Waals surface area contributed by atoms with Crippen LogP contribution >= 0.6 is 0 Å². The number of aliphatic hydroxyl groups is 1. The number of para-hydroxylation sites is 1. The Hall–Kier alpha value is -2.51. The number of hydrogen-bond donors (Lipinski definition) is 3. The third-order valence-electron chi connectivity index (χ3n) is 5.57. The third-order valence-corrected chi connectivity index (χ3v) is 5.57. The minimum Gasteiger partial charge on any atom is -0.466 e. The van der Waals surface area contributed by atoms with E-state index < -0.39 is 5.60 Å². The molecule has 1 fully saturated rings. The predicted octanol–water partition coefficient (Wildman–Crippen LogP) is 2.25. The highest BCUT2D eigenvalue weighted by Crippen LogP contribution is 2.21. The summed E-state index contributed by atoms with van der Waals surface area (Å²) in [5.41, 5.74) is 0.165. The van der Waals surface area contributed by atoms with E-state index in [1.807, 2.05) is 6.92 Å². The quantitative estimate of drug-likeness (QED) is 0.455.